The van der Waals surface area contributed by atoms with Crippen LogP contribution in [0, 0.1) is 5.92 Å². The van der Waals surface area contributed by atoms with E-state index >= 15 is 0 Å². The molecule has 0 aliphatic carbocycles. The zero-order valence-electron chi connectivity index (χ0n) is 15.8. The lowest BCUT2D eigenvalue weighted by atomic mass is 10.1. The summed E-state index contributed by atoms with van der Waals surface area (Å²) < 4.78 is 41.8. The number of nitrogens with zero attached hydrogens (tertiary/aromatic N) is 2. The Labute approximate surface area is 168 Å². The maximum atomic E-state index is 12.5. The Morgan fingerprint density at radius 3 is 2.72 bits per heavy atom. The fourth-order valence-electron chi connectivity index (χ4n) is 3.59. The number of ether oxygens (including phenoxy) is 3. The molecule has 10 nitrogen and oxygen atoms in total. The minimum absolute atomic E-state index is 0.00718. The predicted octanol–water partition coefficient (Wildman–Crippen LogP) is -0.454. The van der Waals surface area contributed by atoms with Crippen molar-refractivity contribution in [2.45, 2.75) is 6.42 Å². The SMILES string of the molecule is O=C(NCCS(=O)(=O)N1CCOCC1)C1CC(=O)N(c2ccc3c(c2)OCO3)C1. The van der Waals surface area contributed by atoms with Crippen molar-refractivity contribution >= 4 is 27.5 Å². The Bertz CT molecular complexity index is 899. The third-order valence-electron chi connectivity index (χ3n) is 5.19. The molecule has 0 aromatic heterocycles. The Kier molecular flexibility index (Phi) is 5.61. The molecule has 0 spiro atoms. The Morgan fingerprint density at radius 2 is 1.93 bits per heavy atom. The predicted molar refractivity (Wildman–Crippen MR) is 102 cm³/mol. The van der Waals surface area contributed by atoms with Gasteiger partial charge < -0.3 is 24.4 Å². The maximum Gasteiger partial charge on any atom is 0.231 e. The fraction of sp³-hybridized carbons (Fsp3) is 0.556. The van der Waals surface area contributed by atoms with Crippen LogP contribution in [0.5, 0.6) is 11.5 Å². The summed E-state index contributed by atoms with van der Waals surface area (Å²) in [5, 5.41) is 2.65. The van der Waals surface area contributed by atoms with Crippen molar-refractivity contribution in [2.75, 3.05) is 56.8 Å². The van der Waals surface area contributed by atoms with Gasteiger partial charge in [0.05, 0.1) is 24.9 Å². The topological polar surface area (TPSA) is 114 Å². The number of amides is 2. The van der Waals surface area contributed by atoms with E-state index in [4.69, 9.17) is 14.2 Å². The Balaban J connectivity index is 1.30. The number of nitrogens with one attached hydrogen (secondary N) is 1. The fourth-order valence-corrected chi connectivity index (χ4v) is 4.91. The van der Waals surface area contributed by atoms with Crippen LogP contribution in [0.25, 0.3) is 0 Å². The lowest BCUT2D eigenvalue weighted by Crippen LogP contribution is -2.44. The number of carbonyl (C=O) groups excluding carboxylic acids is 2. The van der Waals surface area contributed by atoms with Gasteiger partial charge in [0.15, 0.2) is 11.5 Å². The van der Waals surface area contributed by atoms with Crippen molar-refractivity contribution in [2.24, 2.45) is 5.92 Å². The van der Waals surface area contributed by atoms with Gasteiger partial charge in [0.2, 0.25) is 28.6 Å². The monoisotopic (exact) mass is 425 g/mol. The minimum atomic E-state index is -3.44. The summed E-state index contributed by atoms with van der Waals surface area (Å²) in [7, 11) is -3.44. The molecule has 3 aliphatic rings. The zero-order chi connectivity index (χ0) is 20.4. The van der Waals surface area contributed by atoms with Gasteiger partial charge in [-0.05, 0) is 12.1 Å². The summed E-state index contributed by atoms with van der Waals surface area (Å²) in [5.41, 5.74) is 0.643. The molecule has 1 N–H and O–H groups in total. The molecule has 2 fully saturated rings. The van der Waals surface area contributed by atoms with E-state index in [1.807, 2.05) is 0 Å². The van der Waals surface area contributed by atoms with Gasteiger partial charge in [-0.25, -0.2) is 8.42 Å². The van der Waals surface area contributed by atoms with E-state index in [-0.39, 0.29) is 43.9 Å². The molecule has 29 heavy (non-hydrogen) atoms. The zero-order valence-corrected chi connectivity index (χ0v) is 16.7. The molecule has 11 heteroatoms. The third kappa shape index (κ3) is 4.31. The second kappa shape index (κ2) is 8.17. The quantitative estimate of drug-likeness (QED) is 0.656. The van der Waals surface area contributed by atoms with Crippen molar-refractivity contribution in [3.05, 3.63) is 18.2 Å². The highest BCUT2D eigenvalue weighted by Gasteiger charge is 2.36. The molecule has 3 aliphatic heterocycles. The van der Waals surface area contributed by atoms with E-state index in [9.17, 15) is 18.0 Å². The maximum absolute atomic E-state index is 12.5. The van der Waals surface area contributed by atoms with Crippen molar-refractivity contribution in [3.8, 4) is 11.5 Å². The molecule has 0 radical (unpaired) electrons. The number of hydrogen-bond acceptors (Lipinski definition) is 7. The van der Waals surface area contributed by atoms with Gasteiger partial charge in [-0.2, -0.15) is 4.31 Å². The van der Waals surface area contributed by atoms with Crippen LogP contribution in [-0.4, -0.2) is 76.5 Å². The number of hydrogen-bond donors (Lipinski definition) is 1. The highest BCUT2D eigenvalue weighted by molar-refractivity contribution is 7.89. The number of benzene rings is 1. The van der Waals surface area contributed by atoms with Crippen LogP contribution in [0.15, 0.2) is 18.2 Å². The molecule has 3 heterocycles. The smallest absolute Gasteiger partial charge is 0.231 e. The third-order valence-corrected chi connectivity index (χ3v) is 7.06. The minimum Gasteiger partial charge on any atom is -0.454 e. The van der Waals surface area contributed by atoms with Crippen LogP contribution in [0.2, 0.25) is 0 Å². The van der Waals surface area contributed by atoms with E-state index < -0.39 is 15.9 Å². The second-order valence-electron chi connectivity index (χ2n) is 7.06. The van der Waals surface area contributed by atoms with Crippen LogP contribution < -0.4 is 19.7 Å². The summed E-state index contributed by atoms with van der Waals surface area (Å²) in [6.45, 7) is 1.81. The largest absolute Gasteiger partial charge is 0.454 e. The first-order valence-corrected chi connectivity index (χ1v) is 11.1. The molecular weight excluding hydrogens is 402 g/mol. The lowest BCUT2D eigenvalue weighted by Gasteiger charge is -2.26. The summed E-state index contributed by atoms with van der Waals surface area (Å²) in [5.74, 6) is 0.00100. The number of fused-ring (bicyclic) bond motifs is 1. The molecule has 0 bridgehead atoms. The van der Waals surface area contributed by atoms with Crippen molar-refractivity contribution in [3.63, 3.8) is 0 Å². The van der Waals surface area contributed by atoms with Gasteiger partial charge in [-0.15, -0.1) is 0 Å². The highest BCUT2D eigenvalue weighted by Crippen LogP contribution is 2.37. The second-order valence-corrected chi connectivity index (χ2v) is 9.15. The summed E-state index contributed by atoms with van der Waals surface area (Å²) in [6.07, 6.45) is 0.0799. The highest BCUT2D eigenvalue weighted by atomic mass is 32.2. The van der Waals surface area contributed by atoms with Crippen LogP contribution in [-0.2, 0) is 24.3 Å². The molecule has 2 saturated heterocycles. The molecule has 1 unspecified atom stereocenters. The molecule has 158 valence electrons. The van der Waals surface area contributed by atoms with Gasteiger partial charge in [0.25, 0.3) is 0 Å². The van der Waals surface area contributed by atoms with Crippen LogP contribution in [0.3, 0.4) is 0 Å². The van der Waals surface area contributed by atoms with Gasteiger partial charge >= 0.3 is 0 Å². The molecule has 4 rings (SSSR count). The van der Waals surface area contributed by atoms with E-state index in [0.29, 0.717) is 43.5 Å². The number of anilines is 1. The standard InChI is InChI=1S/C18H23N3O7S/c22-17-9-13(11-21(17)14-1-2-15-16(10-14)28-12-27-15)18(23)19-3-8-29(24,25)20-4-6-26-7-5-20/h1-2,10,13H,3-9,11-12H2,(H,19,23). The average molecular weight is 425 g/mol. The Morgan fingerprint density at radius 1 is 1.17 bits per heavy atom. The van der Waals surface area contributed by atoms with Gasteiger partial charge in [0, 0.05) is 44.4 Å². The number of morpholine rings is 1. The number of rotatable bonds is 6. The first-order valence-electron chi connectivity index (χ1n) is 9.47. The van der Waals surface area contributed by atoms with Crippen LogP contribution in [0.4, 0.5) is 5.69 Å². The molecular formula is C18H23N3O7S. The van der Waals surface area contributed by atoms with E-state index in [1.54, 1.807) is 18.2 Å². The van der Waals surface area contributed by atoms with E-state index in [1.165, 1.54) is 9.21 Å². The van der Waals surface area contributed by atoms with Crippen molar-refractivity contribution in [1.82, 2.24) is 9.62 Å². The van der Waals surface area contributed by atoms with Gasteiger partial charge in [-0.1, -0.05) is 0 Å². The lowest BCUT2D eigenvalue weighted by molar-refractivity contribution is -0.126. The normalized spacial score (nSPS) is 22.1. The Hall–Kier alpha value is -2.37. The van der Waals surface area contributed by atoms with Crippen LogP contribution in [0.1, 0.15) is 6.42 Å². The summed E-state index contributed by atoms with van der Waals surface area (Å²) in [6, 6.07) is 5.20. The van der Waals surface area contributed by atoms with Crippen molar-refractivity contribution < 1.29 is 32.2 Å². The molecule has 1 atom stereocenters. The molecule has 0 saturated carbocycles. The first-order chi connectivity index (χ1) is 13.9. The van der Waals surface area contributed by atoms with E-state index in [2.05, 4.69) is 5.32 Å². The molecule has 1 aromatic carbocycles. The number of carbonyl (C=O) groups is 2. The van der Waals surface area contributed by atoms with Crippen LogP contribution >= 0.6 is 0 Å². The molecule has 1 aromatic rings. The molecule has 2 amide bonds. The first kappa shape index (κ1) is 19.9. The van der Waals surface area contributed by atoms with Gasteiger partial charge in [0.1, 0.15) is 0 Å². The summed E-state index contributed by atoms with van der Waals surface area (Å²) >= 11 is 0. The van der Waals surface area contributed by atoms with Gasteiger partial charge in [-0.3, -0.25) is 9.59 Å². The summed E-state index contributed by atoms with van der Waals surface area (Å²) in [4.78, 5) is 26.4. The average Bonchev–Trinajstić information content (AvgIpc) is 3.34. The van der Waals surface area contributed by atoms with Crippen molar-refractivity contribution in [1.29, 1.82) is 0 Å². The number of sulfonamides is 1. The van der Waals surface area contributed by atoms with E-state index in [0.717, 1.165) is 0 Å².